The predicted octanol–water partition coefficient (Wildman–Crippen LogP) is 12.3. The zero-order chi connectivity index (χ0) is 40.7. The molecule has 0 saturated carbocycles. The summed E-state index contributed by atoms with van der Waals surface area (Å²) in [6.07, 6.45) is 45.6. The molecule has 0 aliphatic rings. The van der Waals surface area contributed by atoms with E-state index in [0.717, 1.165) is 44.9 Å². The SMILES string of the molecule is CCCCCC/C=C/C(O)C(COP(=O)([O-])OCC[N+](C)(C)C)NC(=O)CCCCCCCCCCCCCCCCC/C=C\CCCCCCCCCC. The summed E-state index contributed by atoms with van der Waals surface area (Å²) in [5.41, 5.74) is 0. The van der Waals surface area contributed by atoms with Gasteiger partial charge in [0.05, 0.1) is 39.9 Å². The number of unbranched alkanes of at least 4 members (excludes halogenated alkanes) is 27. The van der Waals surface area contributed by atoms with Crippen LogP contribution in [0.1, 0.15) is 213 Å². The fraction of sp³-hybridized carbons (Fsp3) is 0.891. The fourth-order valence-corrected chi connectivity index (χ4v) is 7.40. The molecule has 0 aromatic rings. The van der Waals surface area contributed by atoms with Crippen LogP contribution in [0.3, 0.4) is 0 Å². The molecule has 0 fully saturated rings. The zero-order valence-electron chi connectivity index (χ0n) is 36.9. The van der Waals surface area contributed by atoms with Crippen LogP contribution >= 0.6 is 7.82 Å². The van der Waals surface area contributed by atoms with E-state index in [1.165, 1.54) is 148 Å². The van der Waals surface area contributed by atoms with Gasteiger partial charge in [0, 0.05) is 6.42 Å². The van der Waals surface area contributed by atoms with Crippen molar-refractivity contribution in [2.45, 2.75) is 225 Å². The molecule has 2 N–H and O–H groups in total. The fourth-order valence-electron chi connectivity index (χ4n) is 6.68. The molecule has 1 amide bonds. The van der Waals surface area contributed by atoms with E-state index >= 15 is 0 Å². The summed E-state index contributed by atoms with van der Waals surface area (Å²) < 4.78 is 23.0. The van der Waals surface area contributed by atoms with Gasteiger partial charge in [-0.2, -0.15) is 0 Å². The molecular formula is C46H91N2O6P. The lowest BCUT2D eigenvalue weighted by atomic mass is 10.0. The number of carbonyl (C=O) groups is 1. The minimum absolute atomic E-state index is 0.000283. The molecular weight excluding hydrogens is 707 g/mol. The van der Waals surface area contributed by atoms with Crippen molar-refractivity contribution in [3.05, 3.63) is 24.3 Å². The first kappa shape index (κ1) is 54.0. The predicted molar refractivity (Wildman–Crippen MR) is 233 cm³/mol. The third kappa shape index (κ3) is 41.0. The third-order valence-electron chi connectivity index (χ3n) is 10.4. The highest BCUT2D eigenvalue weighted by molar-refractivity contribution is 7.45. The lowest BCUT2D eigenvalue weighted by molar-refractivity contribution is -0.870. The van der Waals surface area contributed by atoms with Crippen LogP contribution in [0, 0.1) is 0 Å². The van der Waals surface area contributed by atoms with E-state index < -0.39 is 20.0 Å². The maximum atomic E-state index is 12.8. The molecule has 0 aromatic heterocycles. The topological polar surface area (TPSA) is 108 Å². The molecule has 0 bridgehead atoms. The number of phosphoric ester groups is 1. The van der Waals surface area contributed by atoms with E-state index in [4.69, 9.17) is 9.05 Å². The number of phosphoric acid groups is 1. The van der Waals surface area contributed by atoms with Crippen LogP contribution < -0.4 is 10.2 Å². The number of likely N-dealkylation sites (N-methyl/N-ethyl adjacent to an activating group) is 1. The van der Waals surface area contributed by atoms with Gasteiger partial charge in [0.2, 0.25) is 5.91 Å². The van der Waals surface area contributed by atoms with Crippen molar-refractivity contribution in [3.8, 4) is 0 Å². The van der Waals surface area contributed by atoms with E-state index in [9.17, 15) is 19.4 Å². The number of carbonyl (C=O) groups excluding carboxylic acids is 1. The molecule has 0 heterocycles. The summed E-state index contributed by atoms with van der Waals surface area (Å²) in [4.78, 5) is 25.1. The van der Waals surface area contributed by atoms with Crippen LogP contribution in [0.5, 0.6) is 0 Å². The van der Waals surface area contributed by atoms with Gasteiger partial charge in [0.1, 0.15) is 13.2 Å². The number of hydrogen-bond donors (Lipinski definition) is 2. The van der Waals surface area contributed by atoms with E-state index in [1.807, 2.05) is 27.2 Å². The average molecular weight is 799 g/mol. The van der Waals surface area contributed by atoms with Crippen LogP contribution in [0.25, 0.3) is 0 Å². The Morgan fingerprint density at radius 2 is 1.00 bits per heavy atom. The number of quaternary nitrogens is 1. The number of hydrogen-bond acceptors (Lipinski definition) is 6. The number of nitrogens with zero attached hydrogens (tertiary/aromatic N) is 1. The molecule has 9 heteroatoms. The number of aliphatic hydroxyl groups is 1. The van der Waals surface area contributed by atoms with Crippen LogP contribution in [-0.4, -0.2) is 68.5 Å². The number of allylic oxidation sites excluding steroid dienone is 3. The highest BCUT2D eigenvalue weighted by Gasteiger charge is 2.23. The van der Waals surface area contributed by atoms with Gasteiger partial charge in [-0.05, 0) is 44.9 Å². The standard InChI is InChI=1S/C46H91N2O6P/c1-6-8-10-12-14-15-16-17-18-19-20-21-22-23-24-25-26-27-28-29-30-31-32-33-34-36-38-40-46(50)47-44(45(49)39-37-35-13-11-9-7-2)43-54-55(51,52)53-42-41-48(3,4)5/h19-20,37,39,44-45,49H,6-18,21-36,38,40-43H2,1-5H3,(H-,47,50,51,52)/b20-19-,39-37+. The zero-order valence-corrected chi connectivity index (χ0v) is 37.8. The Kier molecular flexibility index (Phi) is 37.8. The summed E-state index contributed by atoms with van der Waals surface area (Å²) in [7, 11) is 1.26. The number of aliphatic hydroxyl groups excluding tert-OH is 1. The van der Waals surface area contributed by atoms with Crippen molar-refractivity contribution in [1.82, 2.24) is 5.32 Å². The van der Waals surface area contributed by atoms with Crippen LogP contribution in [0.15, 0.2) is 24.3 Å². The van der Waals surface area contributed by atoms with Gasteiger partial charge in [-0.1, -0.05) is 186 Å². The third-order valence-corrected chi connectivity index (χ3v) is 11.4. The largest absolute Gasteiger partial charge is 0.756 e. The second-order valence-electron chi connectivity index (χ2n) is 17.1. The minimum atomic E-state index is -4.57. The lowest BCUT2D eigenvalue weighted by Gasteiger charge is -2.29. The summed E-state index contributed by atoms with van der Waals surface area (Å²) >= 11 is 0. The maximum absolute atomic E-state index is 12.8. The first-order valence-electron chi connectivity index (χ1n) is 23.2. The summed E-state index contributed by atoms with van der Waals surface area (Å²) in [5, 5.41) is 13.6. The first-order chi connectivity index (χ1) is 26.5. The van der Waals surface area contributed by atoms with Gasteiger partial charge in [0.15, 0.2) is 0 Å². The first-order valence-corrected chi connectivity index (χ1v) is 24.7. The average Bonchev–Trinajstić information content (AvgIpc) is 3.13. The molecule has 0 saturated heterocycles. The summed E-state index contributed by atoms with van der Waals surface area (Å²) in [6, 6.07) is -0.879. The Hall–Kier alpha value is -1.02. The number of nitrogens with one attached hydrogen (secondary N) is 1. The normalized spacial score (nSPS) is 14.5. The van der Waals surface area contributed by atoms with Gasteiger partial charge >= 0.3 is 0 Å². The molecule has 0 aromatic carbocycles. The lowest BCUT2D eigenvalue weighted by Crippen LogP contribution is -2.45. The molecule has 8 nitrogen and oxygen atoms in total. The molecule has 326 valence electrons. The molecule has 0 spiro atoms. The Balaban J connectivity index is 3.96. The van der Waals surface area contributed by atoms with Crippen molar-refractivity contribution < 1.29 is 32.9 Å². The molecule has 3 atom stereocenters. The van der Waals surface area contributed by atoms with Crippen molar-refractivity contribution in [3.63, 3.8) is 0 Å². The Bertz CT molecular complexity index is 953. The van der Waals surface area contributed by atoms with E-state index in [-0.39, 0.29) is 19.1 Å². The molecule has 0 rings (SSSR count). The molecule has 0 radical (unpaired) electrons. The van der Waals surface area contributed by atoms with Crippen LogP contribution in [-0.2, 0) is 18.4 Å². The van der Waals surface area contributed by atoms with Gasteiger partial charge < -0.3 is 28.8 Å². The monoisotopic (exact) mass is 799 g/mol. The van der Waals surface area contributed by atoms with Gasteiger partial charge in [-0.3, -0.25) is 9.36 Å². The molecule has 0 aliphatic carbocycles. The van der Waals surface area contributed by atoms with Crippen molar-refractivity contribution in [2.24, 2.45) is 0 Å². The van der Waals surface area contributed by atoms with E-state index in [0.29, 0.717) is 17.4 Å². The van der Waals surface area contributed by atoms with E-state index in [2.05, 4.69) is 31.3 Å². The molecule has 0 aliphatic heterocycles. The highest BCUT2D eigenvalue weighted by Crippen LogP contribution is 2.38. The van der Waals surface area contributed by atoms with Gasteiger partial charge in [-0.15, -0.1) is 0 Å². The number of amides is 1. The molecule has 3 unspecified atom stereocenters. The Morgan fingerprint density at radius 3 is 1.44 bits per heavy atom. The minimum Gasteiger partial charge on any atom is -0.756 e. The highest BCUT2D eigenvalue weighted by atomic mass is 31.2. The maximum Gasteiger partial charge on any atom is 0.268 e. The Labute approximate surface area is 341 Å². The number of rotatable bonds is 42. The second-order valence-corrected chi connectivity index (χ2v) is 18.5. The van der Waals surface area contributed by atoms with Crippen molar-refractivity contribution in [2.75, 3.05) is 40.9 Å². The van der Waals surface area contributed by atoms with E-state index in [1.54, 1.807) is 6.08 Å². The van der Waals surface area contributed by atoms with Crippen LogP contribution in [0.2, 0.25) is 0 Å². The quantitative estimate of drug-likeness (QED) is 0.0276. The van der Waals surface area contributed by atoms with Gasteiger partial charge in [0.25, 0.3) is 7.82 Å². The Morgan fingerprint density at radius 1 is 0.618 bits per heavy atom. The summed E-state index contributed by atoms with van der Waals surface area (Å²) in [6.45, 7) is 4.57. The van der Waals surface area contributed by atoms with Crippen molar-refractivity contribution >= 4 is 13.7 Å². The summed E-state index contributed by atoms with van der Waals surface area (Å²) in [5.74, 6) is -0.201. The second kappa shape index (κ2) is 38.5. The van der Waals surface area contributed by atoms with Crippen molar-refractivity contribution in [1.29, 1.82) is 0 Å². The van der Waals surface area contributed by atoms with Crippen LogP contribution in [0.4, 0.5) is 0 Å². The van der Waals surface area contributed by atoms with Gasteiger partial charge in [-0.25, -0.2) is 0 Å². The smallest absolute Gasteiger partial charge is 0.268 e. The molecule has 55 heavy (non-hydrogen) atoms.